The first kappa shape index (κ1) is 35.0. The first-order chi connectivity index (χ1) is 27.2. The Bertz CT molecular complexity index is 3110. The van der Waals surface area contributed by atoms with Crippen LogP contribution < -0.4 is 20.9 Å². The first-order valence-electron chi connectivity index (χ1n) is 18.2. The zero-order valence-corrected chi connectivity index (χ0v) is 29.4. The molecule has 0 fully saturated rings. The van der Waals surface area contributed by atoms with Gasteiger partial charge < -0.3 is 0 Å². The van der Waals surface area contributed by atoms with Crippen molar-refractivity contribution in [1.29, 1.82) is 0 Å². The van der Waals surface area contributed by atoms with Gasteiger partial charge in [0.15, 0.2) is 23.1 Å². The molecule has 10 rings (SSSR count). The van der Waals surface area contributed by atoms with Gasteiger partial charge in [0.2, 0.25) is 5.41 Å². The fourth-order valence-corrected chi connectivity index (χ4v) is 9.35. The normalized spacial score (nSPS) is 21.2. The van der Waals surface area contributed by atoms with Crippen molar-refractivity contribution in [1.82, 2.24) is 0 Å². The predicted molar refractivity (Wildman–Crippen MR) is 201 cm³/mol. The van der Waals surface area contributed by atoms with E-state index in [1.165, 1.54) is 24.3 Å². The van der Waals surface area contributed by atoms with Gasteiger partial charge in [0.05, 0.1) is 23.7 Å². The van der Waals surface area contributed by atoms with Crippen LogP contribution in [0.4, 0.5) is 26.3 Å². The third-order valence-electron chi connectivity index (χ3n) is 12.1. The fraction of sp³-hybridized carbons (Fsp3) is 0.149. The molecule has 6 aromatic rings. The van der Waals surface area contributed by atoms with Crippen LogP contribution in [0.15, 0.2) is 109 Å². The summed E-state index contributed by atoms with van der Waals surface area (Å²) in [6.45, 7) is 0. The summed E-state index contributed by atoms with van der Waals surface area (Å²) < 4.78 is 93.0. The van der Waals surface area contributed by atoms with Crippen LogP contribution in [0.1, 0.15) is 52.6 Å². The number of alkyl halides is 6. The van der Waals surface area contributed by atoms with Crippen molar-refractivity contribution in [3.8, 4) is 0 Å². The Balaban J connectivity index is 1.11. The summed E-state index contributed by atoms with van der Waals surface area (Å²) in [4.78, 5) is 55.2. The zero-order chi connectivity index (χ0) is 39.8. The molecule has 6 aromatic carbocycles. The average Bonchev–Trinajstić information content (AvgIpc) is 3.19. The van der Waals surface area contributed by atoms with Gasteiger partial charge in [0.1, 0.15) is 0 Å². The third kappa shape index (κ3) is 4.89. The second-order valence-electron chi connectivity index (χ2n) is 15.1. The summed E-state index contributed by atoms with van der Waals surface area (Å²) in [7, 11) is 0. The van der Waals surface area contributed by atoms with E-state index in [-0.39, 0.29) is 55.0 Å². The monoisotopic (exact) mass is 768 g/mol. The zero-order valence-electron chi connectivity index (χ0n) is 29.4. The van der Waals surface area contributed by atoms with Gasteiger partial charge >= 0.3 is 12.4 Å². The lowest BCUT2D eigenvalue weighted by Crippen LogP contribution is -2.55. The van der Waals surface area contributed by atoms with Gasteiger partial charge in [-0.3, -0.25) is 19.2 Å². The maximum Gasteiger partial charge on any atom is 0.411 e. The van der Waals surface area contributed by atoms with Crippen LogP contribution >= 0.6 is 0 Å². The number of fused-ring (bicyclic) bond motifs is 8. The summed E-state index contributed by atoms with van der Waals surface area (Å²) in [6.07, 6.45) is -5.75. The molecule has 0 aromatic heterocycles. The second-order valence-corrected chi connectivity index (χ2v) is 15.1. The molecule has 0 radical (unpaired) electrons. The van der Waals surface area contributed by atoms with Crippen molar-refractivity contribution in [2.45, 2.75) is 17.8 Å². The highest BCUT2D eigenvalue weighted by atomic mass is 19.4. The third-order valence-corrected chi connectivity index (χ3v) is 12.1. The molecule has 0 amide bonds. The topological polar surface area (TPSA) is 68.3 Å². The molecule has 0 saturated carbocycles. The van der Waals surface area contributed by atoms with Crippen LogP contribution in [0.3, 0.4) is 0 Å². The number of carbonyl (C=O) groups excluding carboxylic acids is 4. The van der Waals surface area contributed by atoms with Crippen LogP contribution in [-0.2, 0) is 5.41 Å². The number of ketones is 4. The van der Waals surface area contributed by atoms with Gasteiger partial charge in [-0.25, -0.2) is 0 Å². The van der Waals surface area contributed by atoms with E-state index in [0.717, 1.165) is 52.2 Å². The van der Waals surface area contributed by atoms with Crippen molar-refractivity contribution >= 4 is 69.0 Å². The van der Waals surface area contributed by atoms with E-state index in [0.29, 0.717) is 5.39 Å². The Morgan fingerprint density at radius 3 is 1.16 bits per heavy atom. The molecule has 4 aliphatic carbocycles. The number of Topliss-reactive ketones (excluding diaryl/α,β-unsaturated/α-hetero) is 4. The van der Waals surface area contributed by atoms with E-state index < -0.39 is 64.1 Å². The highest BCUT2D eigenvalue weighted by molar-refractivity contribution is 6.22. The van der Waals surface area contributed by atoms with Gasteiger partial charge in [-0.05, 0) is 89.9 Å². The van der Waals surface area contributed by atoms with Gasteiger partial charge in [0.25, 0.3) is 0 Å². The van der Waals surface area contributed by atoms with Crippen molar-refractivity contribution in [3.05, 3.63) is 163 Å². The van der Waals surface area contributed by atoms with Crippen LogP contribution in [0, 0.1) is 23.7 Å². The van der Waals surface area contributed by atoms with Gasteiger partial charge in [-0.2, -0.15) is 26.3 Å². The largest absolute Gasteiger partial charge is 0.411 e. The highest BCUT2D eigenvalue weighted by Gasteiger charge is 2.72. The van der Waals surface area contributed by atoms with Crippen LogP contribution in [0.2, 0.25) is 0 Å². The van der Waals surface area contributed by atoms with Crippen molar-refractivity contribution in [3.63, 3.8) is 0 Å². The molecule has 10 heteroatoms. The Morgan fingerprint density at radius 2 is 0.702 bits per heavy atom. The minimum absolute atomic E-state index is 0.0485. The molecular formula is C47H26F6O4. The summed E-state index contributed by atoms with van der Waals surface area (Å²) in [5.74, 6) is -5.48. The summed E-state index contributed by atoms with van der Waals surface area (Å²) in [6, 6.07) is 25.4. The summed E-state index contributed by atoms with van der Waals surface area (Å²) in [5, 5.41) is 3.23. The molecule has 4 unspecified atom stereocenters. The number of rotatable bonds is 2. The predicted octanol–water partition coefficient (Wildman–Crippen LogP) is 7.18. The Kier molecular flexibility index (Phi) is 7.25. The van der Waals surface area contributed by atoms with E-state index in [1.807, 2.05) is 6.07 Å². The Morgan fingerprint density at radius 1 is 0.351 bits per heavy atom. The van der Waals surface area contributed by atoms with E-state index >= 15 is 26.3 Å². The standard InChI is InChI=1S/C47H26F6O4/c48-46(49,50)45(47(51,52)53,31-11-9-27-19-37-39(21-29(27)13-31)43(56)35-17-25-7-3-1-5-23(25)15-33(35)41(37)54)32-12-10-28-20-38-40(22-30(28)14-32)44(57)36-18-26-8-4-2-6-24(26)16-34(36)42(38)55/h1-22,33,35,38,40H. The summed E-state index contributed by atoms with van der Waals surface area (Å²) in [5.41, 5.74) is -6.50. The number of hydrogen-bond acceptors (Lipinski definition) is 4. The van der Waals surface area contributed by atoms with Crippen molar-refractivity contribution in [2.24, 2.45) is 23.7 Å². The minimum Gasteiger partial charge on any atom is -0.293 e. The van der Waals surface area contributed by atoms with E-state index in [1.54, 1.807) is 66.7 Å². The quantitative estimate of drug-likeness (QED) is 0.175. The lowest BCUT2D eigenvalue weighted by atomic mass is 9.69. The number of benzene rings is 6. The number of hydrogen-bond donors (Lipinski definition) is 0. The molecule has 4 aliphatic rings. The molecule has 57 heavy (non-hydrogen) atoms. The van der Waals surface area contributed by atoms with Crippen molar-refractivity contribution in [2.75, 3.05) is 0 Å². The van der Waals surface area contributed by atoms with Crippen LogP contribution in [0.25, 0.3) is 45.8 Å². The van der Waals surface area contributed by atoms with E-state index in [2.05, 4.69) is 0 Å². The number of halogens is 6. The molecule has 0 aliphatic heterocycles. The molecule has 4 atom stereocenters. The molecule has 0 N–H and O–H groups in total. The maximum absolute atomic E-state index is 15.5. The second kappa shape index (κ2) is 11.8. The minimum atomic E-state index is -5.93. The molecular weight excluding hydrogens is 743 g/mol. The average molecular weight is 769 g/mol. The SMILES string of the molecule is O=C1c2cc3ccccc3cc2C(=O)C2C=c3cc(C(c4ccc5cc6c(cc5c4)C(=O)C4C=c5ccccc5=CC4C6=O)(C(F)(F)F)C(F)(F)F)ccc3=CC12. The fourth-order valence-electron chi connectivity index (χ4n) is 9.35. The Labute approximate surface area is 318 Å². The smallest absolute Gasteiger partial charge is 0.293 e. The van der Waals surface area contributed by atoms with Gasteiger partial charge in [0, 0.05) is 22.3 Å². The lowest BCUT2D eigenvalue weighted by molar-refractivity contribution is -0.288. The van der Waals surface area contributed by atoms with Gasteiger partial charge in [-0.15, -0.1) is 0 Å². The molecule has 0 heterocycles. The van der Waals surface area contributed by atoms with Gasteiger partial charge in [-0.1, -0.05) is 97.1 Å². The van der Waals surface area contributed by atoms with Crippen molar-refractivity contribution < 1.29 is 45.5 Å². The number of carbonyl (C=O) groups is 4. The summed E-state index contributed by atoms with van der Waals surface area (Å²) >= 11 is 0. The Hall–Kier alpha value is -6.42. The molecule has 0 saturated heterocycles. The van der Waals surface area contributed by atoms with Crippen LogP contribution in [0.5, 0.6) is 0 Å². The maximum atomic E-state index is 15.5. The van der Waals surface area contributed by atoms with Crippen LogP contribution in [-0.4, -0.2) is 35.5 Å². The first-order valence-corrected chi connectivity index (χ1v) is 18.2. The molecule has 280 valence electrons. The molecule has 4 nitrogen and oxygen atoms in total. The van der Waals surface area contributed by atoms with E-state index in [4.69, 9.17) is 0 Å². The molecule has 0 spiro atoms. The highest BCUT2D eigenvalue weighted by Crippen LogP contribution is 2.56. The molecule has 0 bridgehead atoms. The lowest BCUT2D eigenvalue weighted by Gasteiger charge is -2.38. The van der Waals surface area contributed by atoms with E-state index in [9.17, 15) is 19.2 Å².